The molecule has 3 nitrogen and oxygen atoms in total. The van der Waals surface area contributed by atoms with Crippen LogP contribution in [0, 0.1) is 13.8 Å². The summed E-state index contributed by atoms with van der Waals surface area (Å²) in [7, 11) is 0. The number of amides is 1. The van der Waals surface area contributed by atoms with Crippen LogP contribution in [-0.2, 0) is 11.2 Å². The lowest BCUT2D eigenvalue weighted by atomic mass is 10.1. The zero-order valence-corrected chi connectivity index (χ0v) is 14.6. The summed E-state index contributed by atoms with van der Waals surface area (Å²) in [6.07, 6.45) is 1.44. The van der Waals surface area contributed by atoms with Gasteiger partial charge >= 0.3 is 0 Å². The van der Waals surface area contributed by atoms with Crippen molar-refractivity contribution < 1.29 is 9.59 Å². The number of para-hydroxylation sites is 1. The van der Waals surface area contributed by atoms with Crippen LogP contribution < -0.4 is 4.90 Å². The predicted octanol–water partition coefficient (Wildman–Crippen LogP) is 4.31. The van der Waals surface area contributed by atoms with Gasteiger partial charge in [-0.05, 0) is 44.9 Å². The highest BCUT2D eigenvalue weighted by molar-refractivity contribution is 7.12. The van der Waals surface area contributed by atoms with Crippen molar-refractivity contribution in [2.24, 2.45) is 0 Å². The van der Waals surface area contributed by atoms with Crippen molar-refractivity contribution in [1.29, 1.82) is 0 Å². The molecule has 4 heteroatoms. The summed E-state index contributed by atoms with van der Waals surface area (Å²) < 4.78 is 0. The minimum Gasteiger partial charge on any atom is -0.309 e. The van der Waals surface area contributed by atoms with Gasteiger partial charge in [0.25, 0.3) is 0 Å². The minimum absolute atomic E-state index is 0.0420. The van der Waals surface area contributed by atoms with Crippen molar-refractivity contribution in [2.75, 3.05) is 4.90 Å². The average molecular weight is 327 g/mol. The van der Waals surface area contributed by atoms with E-state index >= 15 is 0 Å². The monoisotopic (exact) mass is 327 g/mol. The summed E-state index contributed by atoms with van der Waals surface area (Å²) in [5.41, 5.74) is 2.99. The van der Waals surface area contributed by atoms with Crippen LogP contribution in [0.2, 0.25) is 0 Å². The molecule has 0 saturated carbocycles. The molecule has 0 fully saturated rings. The molecule has 3 rings (SSSR count). The van der Waals surface area contributed by atoms with Crippen molar-refractivity contribution >= 4 is 28.7 Å². The van der Waals surface area contributed by atoms with Crippen LogP contribution in [0.4, 0.5) is 5.69 Å². The largest absolute Gasteiger partial charge is 0.309 e. The van der Waals surface area contributed by atoms with Gasteiger partial charge in [-0.2, -0.15) is 0 Å². The van der Waals surface area contributed by atoms with Crippen LogP contribution in [0.1, 0.15) is 45.4 Å². The summed E-state index contributed by atoms with van der Waals surface area (Å²) in [6.45, 7) is 6.03. The molecule has 1 unspecified atom stereocenters. The maximum absolute atomic E-state index is 12.6. The third-order valence-electron chi connectivity index (χ3n) is 4.38. The van der Waals surface area contributed by atoms with Gasteiger partial charge in [-0.3, -0.25) is 9.59 Å². The molecule has 0 saturated heterocycles. The molecule has 0 aliphatic carbocycles. The van der Waals surface area contributed by atoms with Gasteiger partial charge in [0.1, 0.15) is 0 Å². The molecule has 0 spiro atoms. The molecule has 23 heavy (non-hydrogen) atoms. The van der Waals surface area contributed by atoms with Gasteiger partial charge in [-0.1, -0.05) is 18.2 Å². The SMILES string of the molecule is Cc1cc(C(=O)CCC(=O)N2c3ccccc3CC2C)c(C)s1. The van der Waals surface area contributed by atoms with E-state index in [0.29, 0.717) is 0 Å². The number of aryl methyl sites for hydroxylation is 2. The summed E-state index contributed by atoms with van der Waals surface area (Å²) in [6, 6.07) is 10.1. The highest BCUT2D eigenvalue weighted by Gasteiger charge is 2.30. The molecule has 0 N–H and O–H groups in total. The molecule has 1 aromatic carbocycles. The smallest absolute Gasteiger partial charge is 0.227 e. The number of Topliss-reactive ketones (excluding diaryl/α,β-unsaturated/α-hetero) is 1. The number of fused-ring (bicyclic) bond motifs is 1. The molecular weight excluding hydrogens is 306 g/mol. The fourth-order valence-corrected chi connectivity index (χ4v) is 4.27. The first-order valence-electron chi connectivity index (χ1n) is 7.97. The van der Waals surface area contributed by atoms with E-state index in [0.717, 1.165) is 27.4 Å². The first-order chi connectivity index (χ1) is 11.0. The number of hydrogen-bond acceptors (Lipinski definition) is 3. The number of ketones is 1. The molecule has 1 aliphatic rings. The van der Waals surface area contributed by atoms with Crippen LogP contribution >= 0.6 is 11.3 Å². The quantitative estimate of drug-likeness (QED) is 0.785. The molecule has 1 amide bonds. The van der Waals surface area contributed by atoms with E-state index in [2.05, 4.69) is 13.0 Å². The Morgan fingerprint density at radius 3 is 2.65 bits per heavy atom. The molecule has 120 valence electrons. The third kappa shape index (κ3) is 3.08. The van der Waals surface area contributed by atoms with Gasteiger partial charge in [0.05, 0.1) is 0 Å². The Hall–Kier alpha value is -1.94. The van der Waals surface area contributed by atoms with E-state index < -0.39 is 0 Å². The Balaban J connectivity index is 1.68. The maximum atomic E-state index is 12.6. The highest BCUT2D eigenvalue weighted by atomic mass is 32.1. The Labute approximate surface area is 140 Å². The molecule has 1 aromatic heterocycles. The van der Waals surface area contributed by atoms with E-state index in [-0.39, 0.29) is 30.6 Å². The van der Waals surface area contributed by atoms with E-state index in [1.165, 1.54) is 5.56 Å². The first kappa shape index (κ1) is 15.9. The van der Waals surface area contributed by atoms with Gasteiger partial charge in [-0.15, -0.1) is 11.3 Å². The summed E-state index contributed by atoms with van der Waals surface area (Å²) >= 11 is 1.63. The third-order valence-corrected chi connectivity index (χ3v) is 5.35. The van der Waals surface area contributed by atoms with Gasteiger partial charge in [0.2, 0.25) is 5.91 Å². The zero-order chi connectivity index (χ0) is 16.6. The number of nitrogens with zero attached hydrogens (tertiary/aromatic N) is 1. The molecule has 0 bridgehead atoms. The van der Waals surface area contributed by atoms with Crippen molar-refractivity contribution in [3.8, 4) is 0 Å². The number of rotatable bonds is 4. The summed E-state index contributed by atoms with van der Waals surface area (Å²) in [5.74, 6) is 0.112. The van der Waals surface area contributed by atoms with Crippen molar-refractivity contribution in [1.82, 2.24) is 0 Å². The van der Waals surface area contributed by atoms with Gasteiger partial charge < -0.3 is 4.90 Å². The molecule has 2 heterocycles. The Morgan fingerprint density at radius 2 is 1.96 bits per heavy atom. The first-order valence-corrected chi connectivity index (χ1v) is 8.79. The van der Waals surface area contributed by atoms with E-state index in [4.69, 9.17) is 0 Å². The second-order valence-electron chi connectivity index (χ2n) is 6.20. The molecule has 1 aliphatic heterocycles. The normalized spacial score (nSPS) is 16.5. The number of carbonyl (C=O) groups is 2. The van der Waals surface area contributed by atoms with Crippen LogP contribution in [0.25, 0.3) is 0 Å². The molecule has 2 aromatic rings. The average Bonchev–Trinajstić information content (AvgIpc) is 3.02. The van der Waals surface area contributed by atoms with Crippen molar-refractivity contribution in [3.63, 3.8) is 0 Å². The van der Waals surface area contributed by atoms with Crippen LogP contribution in [-0.4, -0.2) is 17.7 Å². The topological polar surface area (TPSA) is 37.4 Å². The molecular formula is C19H21NO2S. The van der Waals surface area contributed by atoms with Gasteiger partial charge in [0.15, 0.2) is 5.78 Å². The van der Waals surface area contributed by atoms with E-state index in [1.807, 2.05) is 43.0 Å². The molecule has 1 atom stereocenters. The number of anilines is 1. The fraction of sp³-hybridized carbons (Fsp3) is 0.368. The van der Waals surface area contributed by atoms with Gasteiger partial charge in [-0.25, -0.2) is 0 Å². The van der Waals surface area contributed by atoms with Crippen LogP contribution in [0.5, 0.6) is 0 Å². The number of thiophene rings is 1. The van der Waals surface area contributed by atoms with Gasteiger partial charge in [0, 0.05) is 39.9 Å². The Bertz CT molecular complexity index is 762. The predicted molar refractivity (Wildman–Crippen MR) is 94.5 cm³/mol. The lowest BCUT2D eigenvalue weighted by Crippen LogP contribution is -2.35. The Morgan fingerprint density at radius 1 is 1.22 bits per heavy atom. The molecule has 0 radical (unpaired) electrons. The maximum Gasteiger partial charge on any atom is 0.227 e. The number of hydrogen-bond donors (Lipinski definition) is 0. The number of benzene rings is 1. The standard InChI is InChI=1S/C19H21NO2S/c1-12-10-15-6-4-5-7-17(15)20(12)19(22)9-8-18(21)16-11-13(2)23-14(16)3/h4-7,11-12H,8-10H2,1-3H3. The van der Waals surface area contributed by atoms with Crippen LogP contribution in [0.3, 0.4) is 0 Å². The van der Waals surface area contributed by atoms with Crippen molar-refractivity contribution in [2.45, 2.75) is 46.1 Å². The van der Waals surface area contributed by atoms with Crippen molar-refractivity contribution in [3.05, 3.63) is 51.2 Å². The Kier molecular flexibility index (Phi) is 4.35. The number of carbonyl (C=O) groups excluding carboxylic acids is 2. The second kappa shape index (κ2) is 6.28. The zero-order valence-electron chi connectivity index (χ0n) is 13.8. The lowest BCUT2D eigenvalue weighted by molar-refractivity contribution is -0.118. The highest BCUT2D eigenvalue weighted by Crippen LogP contribution is 2.32. The van der Waals surface area contributed by atoms with E-state index in [1.54, 1.807) is 11.3 Å². The lowest BCUT2D eigenvalue weighted by Gasteiger charge is -2.22. The summed E-state index contributed by atoms with van der Waals surface area (Å²) in [4.78, 5) is 29.0. The second-order valence-corrected chi connectivity index (χ2v) is 7.66. The fourth-order valence-electron chi connectivity index (χ4n) is 3.33. The van der Waals surface area contributed by atoms with E-state index in [9.17, 15) is 9.59 Å². The summed E-state index contributed by atoms with van der Waals surface area (Å²) in [5, 5.41) is 0. The minimum atomic E-state index is 0.0420. The van der Waals surface area contributed by atoms with Crippen LogP contribution in [0.15, 0.2) is 30.3 Å².